The Morgan fingerprint density at radius 3 is 2.33 bits per heavy atom. The Bertz CT molecular complexity index is 241. The van der Waals surface area contributed by atoms with Crippen LogP contribution < -0.4 is 5.32 Å². The van der Waals surface area contributed by atoms with Crippen LogP contribution in [0, 0.1) is 11.8 Å². The van der Waals surface area contributed by atoms with Gasteiger partial charge in [-0.2, -0.15) is 0 Å². The monoisotopic (exact) mass is 209 g/mol. The number of nitrogens with one attached hydrogen (secondary N) is 1. The molecule has 0 amide bonds. The van der Waals surface area contributed by atoms with Gasteiger partial charge < -0.3 is 10.2 Å². The topological polar surface area (TPSA) is 27.6 Å². The number of rotatable bonds is 1. The predicted octanol–water partition coefficient (Wildman–Crippen LogP) is 1.70. The van der Waals surface area contributed by atoms with Crippen LogP contribution >= 0.6 is 0 Å². The molecule has 0 radical (unpaired) electrons. The van der Waals surface area contributed by atoms with Crippen LogP contribution in [0.15, 0.2) is 4.99 Å². The summed E-state index contributed by atoms with van der Waals surface area (Å²) in [6, 6.07) is 0.683. The Balaban J connectivity index is 1.84. The van der Waals surface area contributed by atoms with Crippen molar-refractivity contribution in [2.45, 2.75) is 39.2 Å². The number of piperidine rings is 1. The van der Waals surface area contributed by atoms with E-state index in [0.29, 0.717) is 6.04 Å². The molecule has 1 N–H and O–H groups in total. The largest absolute Gasteiger partial charge is 0.353 e. The highest BCUT2D eigenvalue weighted by Crippen LogP contribution is 2.29. The molecule has 2 aliphatic rings. The average molecular weight is 209 g/mol. The van der Waals surface area contributed by atoms with E-state index in [1.807, 2.05) is 7.05 Å². The quantitative estimate of drug-likeness (QED) is 0.526. The highest BCUT2D eigenvalue weighted by Gasteiger charge is 2.34. The van der Waals surface area contributed by atoms with E-state index in [2.05, 4.69) is 29.1 Å². The van der Waals surface area contributed by atoms with Crippen molar-refractivity contribution in [2.24, 2.45) is 16.8 Å². The fourth-order valence-corrected chi connectivity index (χ4v) is 2.21. The Morgan fingerprint density at radius 1 is 1.27 bits per heavy atom. The molecule has 1 aliphatic heterocycles. The minimum atomic E-state index is 0.683. The zero-order valence-electron chi connectivity index (χ0n) is 10.2. The van der Waals surface area contributed by atoms with Crippen LogP contribution in [0.3, 0.4) is 0 Å². The molecule has 1 heterocycles. The van der Waals surface area contributed by atoms with E-state index in [4.69, 9.17) is 0 Å². The van der Waals surface area contributed by atoms with Crippen molar-refractivity contribution >= 4 is 5.96 Å². The van der Waals surface area contributed by atoms with E-state index in [9.17, 15) is 0 Å². The Hall–Kier alpha value is -0.730. The van der Waals surface area contributed by atoms with E-state index in [1.54, 1.807) is 0 Å². The van der Waals surface area contributed by atoms with Crippen molar-refractivity contribution in [1.82, 2.24) is 10.2 Å². The number of likely N-dealkylation sites (tertiary alicyclic amines) is 1. The molecule has 1 aliphatic carbocycles. The van der Waals surface area contributed by atoms with Crippen LogP contribution in [0.2, 0.25) is 0 Å². The average Bonchev–Trinajstić information content (AvgIpc) is 2.92. The lowest BCUT2D eigenvalue weighted by Crippen LogP contribution is -2.46. The maximum atomic E-state index is 4.38. The minimum Gasteiger partial charge on any atom is -0.353 e. The van der Waals surface area contributed by atoms with Gasteiger partial charge >= 0.3 is 0 Å². The van der Waals surface area contributed by atoms with Gasteiger partial charge in [0, 0.05) is 26.2 Å². The molecule has 0 aromatic heterocycles. The molecule has 1 saturated carbocycles. The first kappa shape index (κ1) is 10.8. The summed E-state index contributed by atoms with van der Waals surface area (Å²) in [5, 5.41) is 3.55. The summed E-state index contributed by atoms with van der Waals surface area (Å²) in [6.45, 7) is 6.98. The number of aliphatic imine (C=N–C) groups is 1. The van der Waals surface area contributed by atoms with Crippen molar-refractivity contribution in [3.05, 3.63) is 0 Å². The van der Waals surface area contributed by atoms with E-state index in [0.717, 1.165) is 17.8 Å². The molecule has 0 aromatic rings. The molecule has 3 nitrogen and oxygen atoms in total. The molecule has 3 heteroatoms. The summed E-state index contributed by atoms with van der Waals surface area (Å²) < 4.78 is 0. The van der Waals surface area contributed by atoms with Crippen LogP contribution in [0.5, 0.6) is 0 Å². The number of hydrogen-bond donors (Lipinski definition) is 1. The molecular formula is C12H23N3. The summed E-state index contributed by atoms with van der Waals surface area (Å²) in [7, 11) is 1.90. The summed E-state index contributed by atoms with van der Waals surface area (Å²) in [4.78, 5) is 6.79. The van der Waals surface area contributed by atoms with E-state index in [1.165, 1.54) is 32.4 Å². The van der Waals surface area contributed by atoms with E-state index >= 15 is 0 Å². The standard InChI is InChI=1S/C12H23N3/c1-9-4-6-15(7-5-9)12(13-3)14-11-8-10(11)2/h9-11H,4-8H2,1-3H3,(H,13,14)/t10-,11+/m0/s1. The van der Waals surface area contributed by atoms with Gasteiger partial charge in [-0.25, -0.2) is 0 Å². The van der Waals surface area contributed by atoms with Gasteiger partial charge in [-0.05, 0) is 31.1 Å². The van der Waals surface area contributed by atoms with E-state index in [-0.39, 0.29) is 0 Å². The second-order valence-corrected chi connectivity index (χ2v) is 5.18. The Kier molecular flexibility index (Phi) is 3.17. The molecular weight excluding hydrogens is 186 g/mol. The van der Waals surface area contributed by atoms with Crippen LogP contribution in [0.25, 0.3) is 0 Å². The van der Waals surface area contributed by atoms with Gasteiger partial charge in [0.15, 0.2) is 5.96 Å². The van der Waals surface area contributed by atoms with Crippen molar-refractivity contribution in [3.8, 4) is 0 Å². The first-order valence-corrected chi connectivity index (χ1v) is 6.19. The maximum Gasteiger partial charge on any atom is 0.193 e. The van der Waals surface area contributed by atoms with Gasteiger partial charge in [0.25, 0.3) is 0 Å². The Labute approximate surface area is 92.9 Å². The lowest BCUT2D eigenvalue weighted by molar-refractivity contribution is 0.273. The van der Waals surface area contributed by atoms with Crippen LogP contribution in [0.1, 0.15) is 33.1 Å². The molecule has 2 atom stereocenters. The van der Waals surface area contributed by atoms with Gasteiger partial charge in [0.2, 0.25) is 0 Å². The minimum absolute atomic E-state index is 0.683. The van der Waals surface area contributed by atoms with Crippen molar-refractivity contribution < 1.29 is 0 Å². The van der Waals surface area contributed by atoms with Gasteiger partial charge in [0.05, 0.1) is 0 Å². The fraction of sp³-hybridized carbons (Fsp3) is 0.917. The normalized spacial score (nSPS) is 33.0. The SMILES string of the molecule is CN=C(N[C@@H]1C[C@@H]1C)N1CCC(C)CC1. The van der Waals surface area contributed by atoms with Crippen LogP contribution in [0.4, 0.5) is 0 Å². The first-order valence-electron chi connectivity index (χ1n) is 6.19. The van der Waals surface area contributed by atoms with E-state index < -0.39 is 0 Å². The third kappa shape index (κ3) is 2.64. The molecule has 0 aromatic carbocycles. The number of hydrogen-bond acceptors (Lipinski definition) is 1. The van der Waals surface area contributed by atoms with Crippen LogP contribution in [-0.2, 0) is 0 Å². The Morgan fingerprint density at radius 2 is 1.87 bits per heavy atom. The van der Waals surface area contributed by atoms with Gasteiger partial charge in [0.1, 0.15) is 0 Å². The lowest BCUT2D eigenvalue weighted by atomic mass is 10.00. The van der Waals surface area contributed by atoms with Crippen LogP contribution in [-0.4, -0.2) is 37.0 Å². The highest BCUT2D eigenvalue weighted by atomic mass is 15.3. The molecule has 86 valence electrons. The zero-order chi connectivity index (χ0) is 10.8. The predicted molar refractivity (Wildman–Crippen MR) is 64.0 cm³/mol. The zero-order valence-corrected chi connectivity index (χ0v) is 10.2. The summed E-state index contributed by atoms with van der Waals surface area (Å²) in [5.41, 5.74) is 0. The molecule has 0 spiro atoms. The molecule has 0 unspecified atom stereocenters. The summed E-state index contributed by atoms with van der Waals surface area (Å²) in [6.07, 6.45) is 3.92. The fourth-order valence-electron chi connectivity index (χ4n) is 2.21. The van der Waals surface area contributed by atoms with Gasteiger partial charge in [-0.3, -0.25) is 4.99 Å². The molecule has 0 bridgehead atoms. The number of nitrogens with zero attached hydrogens (tertiary/aromatic N) is 2. The summed E-state index contributed by atoms with van der Waals surface area (Å²) >= 11 is 0. The second-order valence-electron chi connectivity index (χ2n) is 5.18. The van der Waals surface area contributed by atoms with Crippen molar-refractivity contribution in [3.63, 3.8) is 0 Å². The third-order valence-electron chi connectivity index (χ3n) is 3.72. The smallest absolute Gasteiger partial charge is 0.193 e. The van der Waals surface area contributed by atoms with Gasteiger partial charge in [-0.1, -0.05) is 13.8 Å². The van der Waals surface area contributed by atoms with Crippen molar-refractivity contribution in [2.75, 3.05) is 20.1 Å². The maximum absolute atomic E-state index is 4.38. The molecule has 2 fully saturated rings. The van der Waals surface area contributed by atoms with Crippen molar-refractivity contribution in [1.29, 1.82) is 0 Å². The molecule has 15 heavy (non-hydrogen) atoms. The molecule has 2 rings (SSSR count). The second kappa shape index (κ2) is 4.42. The lowest BCUT2D eigenvalue weighted by Gasteiger charge is -2.33. The first-order chi connectivity index (χ1) is 7.20. The third-order valence-corrected chi connectivity index (χ3v) is 3.72. The highest BCUT2D eigenvalue weighted by molar-refractivity contribution is 5.80. The molecule has 1 saturated heterocycles. The van der Waals surface area contributed by atoms with Gasteiger partial charge in [-0.15, -0.1) is 0 Å². The number of guanidine groups is 1. The summed E-state index contributed by atoms with van der Waals surface area (Å²) in [5.74, 6) is 2.85.